The van der Waals surface area contributed by atoms with Gasteiger partial charge >= 0.3 is 5.97 Å². The zero-order valence-electron chi connectivity index (χ0n) is 24.2. The van der Waals surface area contributed by atoms with Crippen molar-refractivity contribution in [3.8, 4) is 17.2 Å². The van der Waals surface area contributed by atoms with Gasteiger partial charge in [0.05, 0.1) is 17.2 Å². The summed E-state index contributed by atoms with van der Waals surface area (Å²) in [5.41, 5.74) is 0.953. The Hall–Kier alpha value is -3.33. The lowest BCUT2D eigenvalue weighted by atomic mass is 9.71. The number of esters is 1. The van der Waals surface area contributed by atoms with E-state index in [1.165, 1.54) is 18.7 Å². The molecule has 214 valence electrons. The predicted molar refractivity (Wildman–Crippen MR) is 156 cm³/mol. The van der Waals surface area contributed by atoms with Gasteiger partial charge in [0.15, 0.2) is 11.0 Å². The van der Waals surface area contributed by atoms with Crippen molar-refractivity contribution in [3.05, 3.63) is 53.1 Å². The number of carbonyl (C=O) groups excluding carboxylic acids is 3. The van der Waals surface area contributed by atoms with Gasteiger partial charge < -0.3 is 19.5 Å². The van der Waals surface area contributed by atoms with Crippen LogP contribution in [0, 0.1) is 10.8 Å². The molecule has 0 saturated carbocycles. The van der Waals surface area contributed by atoms with Gasteiger partial charge in [-0.3, -0.25) is 19.8 Å². The third-order valence-electron chi connectivity index (χ3n) is 6.91. The first-order valence-electron chi connectivity index (χ1n) is 13.4. The van der Waals surface area contributed by atoms with Crippen LogP contribution < -0.4 is 19.5 Å². The summed E-state index contributed by atoms with van der Waals surface area (Å²) in [4.78, 5) is 37.1. The molecular weight excluding hydrogens is 528 g/mol. The van der Waals surface area contributed by atoms with E-state index < -0.39 is 11.6 Å². The Morgan fingerprint density at radius 2 is 1.82 bits per heavy atom. The van der Waals surface area contributed by atoms with Crippen LogP contribution in [0.25, 0.3) is 0 Å². The van der Waals surface area contributed by atoms with E-state index >= 15 is 0 Å². The van der Waals surface area contributed by atoms with Gasteiger partial charge in [0, 0.05) is 12.5 Å². The zero-order chi connectivity index (χ0) is 29.5. The Labute approximate surface area is 240 Å². The zero-order valence-corrected chi connectivity index (χ0v) is 25.0. The Bertz CT molecular complexity index is 1340. The Kier molecular flexibility index (Phi) is 8.09. The van der Waals surface area contributed by atoms with Gasteiger partial charge in [-0.25, -0.2) is 0 Å². The normalized spacial score (nSPS) is 21.0. The first-order valence-corrected chi connectivity index (χ1v) is 14.3. The fourth-order valence-corrected chi connectivity index (χ4v) is 6.48. The quantitative estimate of drug-likeness (QED) is 0.305. The molecule has 1 saturated heterocycles. The first kappa shape index (κ1) is 29.6. The van der Waals surface area contributed by atoms with E-state index in [4.69, 9.17) is 19.6 Å². The number of nitrogens with one attached hydrogen (secondary N) is 2. The van der Waals surface area contributed by atoms with Crippen LogP contribution in [0.5, 0.6) is 17.2 Å². The molecule has 4 rings (SSSR count). The number of amides is 1. The van der Waals surface area contributed by atoms with E-state index in [1.807, 2.05) is 37.3 Å². The van der Waals surface area contributed by atoms with Gasteiger partial charge in [0.2, 0.25) is 5.91 Å². The molecule has 1 amide bonds. The highest BCUT2D eigenvalue weighted by Crippen LogP contribution is 2.45. The van der Waals surface area contributed by atoms with E-state index in [9.17, 15) is 14.4 Å². The smallest absolute Gasteiger partial charge is 0.308 e. The summed E-state index contributed by atoms with van der Waals surface area (Å²) in [6, 6.07) is 10.9. The second kappa shape index (κ2) is 10.9. The number of fused-ring (bicyclic) bond motifs is 1. The molecule has 2 heterocycles. The molecule has 2 aliphatic rings. The van der Waals surface area contributed by atoms with E-state index in [-0.39, 0.29) is 46.0 Å². The van der Waals surface area contributed by atoms with Crippen molar-refractivity contribution in [2.24, 2.45) is 5.41 Å². The molecule has 9 heteroatoms. The topological polar surface area (TPSA) is 115 Å². The number of ether oxygens (including phenoxy) is 3. The summed E-state index contributed by atoms with van der Waals surface area (Å²) in [7, 11) is 0. The lowest BCUT2D eigenvalue weighted by Crippen LogP contribution is -2.44. The Morgan fingerprint density at radius 1 is 1.15 bits per heavy atom. The van der Waals surface area contributed by atoms with Crippen LogP contribution in [-0.4, -0.2) is 40.3 Å². The summed E-state index contributed by atoms with van der Waals surface area (Å²) in [6.07, 6.45) is 1.46. The molecule has 2 aromatic rings. The van der Waals surface area contributed by atoms with Crippen LogP contribution in [0.1, 0.15) is 82.8 Å². The molecule has 2 atom stereocenters. The molecule has 2 unspecified atom stereocenters. The van der Waals surface area contributed by atoms with Gasteiger partial charge in [-0.1, -0.05) is 58.5 Å². The number of ketones is 1. The maximum Gasteiger partial charge on any atom is 0.308 e. The number of hydrogen-bond donors (Lipinski definition) is 2. The molecule has 8 nitrogen and oxygen atoms in total. The SMILES string of the molecule is CC(=O)Oc1cc2c(cc1C(C)(C)CC(C)(C)C)OC(C)(COc1ccc(CC3SC(=N)NC3=O)cc1)CC2=O. The number of Topliss-reactive ketones (excluding diaryl/α,β-unsaturated/α-hetero) is 1. The van der Waals surface area contributed by atoms with Gasteiger partial charge in [0.1, 0.15) is 29.5 Å². The minimum atomic E-state index is -0.893. The molecule has 2 aliphatic heterocycles. The van der Waals surface area contributed by atoms with Crippen molar-refractivity contribution in [2.45, 2.75) is 84.0 Å². The van der Waals surface area contributed by atoms with Crippen LogP contribution in [0.15, 0.2) is 36.4 Å². The van der Waals surface area contributed by atoms with E-state index in [2.05, 4.69) is 39.9 Å². The van der Waals surface area contributed by atoms with Crippen molar-refractivity contribution in [1.82, 2.24) is 5.32 Å². The van der Waals surface area contributed by atoms with Gasteiger partial charge in [-0.05, 0) is 60.4 Å². The standard InChI is InChI=1S/C31H38N2O6S/c1-18(34)38-25-13-21-23(35)15-31(7,39-24(21)14-22(25)30(5,6)16-29(2,3)4)17-37-20-10-8-19(9-11-20)12-26-27(36)33-28(32)40-26/h8-11,13-14,26H,12,15-17H2,1-7H3,(H2,32,33,36). The lowest BCUT2D eigenvalue weighted by Gasteiger charge is -2.37. The minimum absolute atomic E-state index is 0.0207. The molecular formula is C31H38N2O6S. The predicted octanol–water partition coefficient (Wildman–Crippen LogP) is 5.84. The van der Waals surface area contributed by atoms with Crippen molar-refractivity contribution in [2.75, 3.05) is 6.61 Å². The molecule has 2 aromatic carbocycles. The maximum atomic E-state index is 13.3. The van der Waals surface area contributed by atoms with E-state index in [1.54, 1.807) is 6.07 Å². The molecule has 0 radical (unpaired) electrons. The molecule has 40 heavy (non-hydrogen) atoms. The van der Waals surface area contributed by atoms with E-state index in [0.717, 1.165) is 17.5 Å². The van der Waals surface area contributed by atoms with Crippen LogP contribution in [0.4, 0.5) is 0 Å². The van der Waals surface area contributed by atoms with Crippen LogP contribution in [-0.2, 0) is 21.4 Å². The molecule has 1 fully saturated rings. The number of carbonyl (C=O) groups is 3. The molecule has 0 aromatic heterocycles. The molecule has 0 bridgehead atoms. The van der Waals surface area contributed by atoms with Gasteiger partial charge in [-0.2, -0.15) is 0 Å². The molecule has 0 aliphatic carbocycles. The number of amidine groups is 1. The van der Waals surface area contributed by atoms with Gasteiger partial charge in [-0.15, -0.1) is 0 Å². The number of hydrogen-bond acceptors (Lipinski definition) is 8. The van der Waals surface area contributed by atoms with Crippen molar-refractivity contribution in [3.63, 3.8) is 0 Å². The summed E-state index contributed by atoms with van der Waals surface area (Å²) in [5, 5.41) is 10.0. The van der Waals surface area contributed by atoms with Crippen molar-refractivity contribution >= 4 is 34.6 Å². The van der Waals surface area contributed by atoms with Crippen LogP contribution in [0.2, 0.25) is 0 Å². The number of benzene rings is 2. The average molecular weight is 567 g/mol. The first-order chi connectivity index (χ1) is 18.5. The van der Waals surface area contributed by atoms with Crippen molar-refractivity contribution < 1.29 is 28.6 Å². The number of thioether (sulfide) groups is 1. The summed E-state index contributed by atoms with van der Waals surface area (Å²) in [5.74, 6) is 0.791. The highest BCUT2D eigenvalue weighted by molar-refractivity contribution is 8.15. The average Bonchev–Trinajstić information content (AvgIpc) is 3.13. The Morgan fingerprint density at radius 3 is 2.40 bits per heavy atom. The fraction of sp³-hybridized carbons (Fsp3) is 0.484. The maximum absolute atomic E-state index is 13.3. The monoisotopic (exact) mass is 566 g/mol. The fourth-order valence-electron chi connectivity index (χ4n) is 5.59. The highest BCUT2D eigenvalue weighted by Gasteiger charge is 2.40. The molecule has 2 N–H and O–H groups in total. The van der Waals surface area contributed by atoms with Crippen LogP contribution >= 0.6 is 11.8 Å². The largest absolute Gasteiger partial charge is 0.489 e. The highest BCUT2D eigenvalue weighted by atomic mass is 32.2. The Balaban J connectivity index is 1.51. The lowest BCUT2D eigenvalue weighted by molar-refractivity contribution is -0.132. The number of rotatable bonds is 8. The second-order valence-electron chi connectivity index (χ2n) is 12.8. The third kappa shape index (κ3) is 7.05. The minimum Gasteiger partial charge on any atom is -0.489 e. The van der Waals surface area contributed by atoms with Gasteiger partial charge in [0.25, 0.3) is 0 Å². The van der Waals surface area contributed by atoms with Crippen molar-refractivity contribution in [1.29, 1.82) is 5.41 Å². The summed E-state index contributed by atoms with van der Waals surface area (Å²) >= 11 is 1.22. The van der Waals surface area contributed by atoms with Crippen LogP contribution in [0.3, 0.4) is 0 Å². The summed E-state index contributed by atoms with van der Waals surface area (Å²) < 4.78 is 18.0. The van der Waals surface area contributed by atoms with E-state index in [0.29, 0.717) is 29.2 Å². The summed E-state index contributed by atoms with van der Waals surface area (Å²) in [6.45, 7) is 14.1. The third-order valence-corrected chi connectivity index (χ3v) is 7.91. The molecule has 0 spiro atoms. The second-order valence-corrected chi connectivity index (χ2v) is 14.0.